The van der Waals surface area contributed by atoms with Crippen LogP contribution in [0.5, 0.6) is 5.75 Å². The van der Waals surface area contributed by atoms with Crippen LogP contribution in [0.1, 0.15) is 22.3 Å². The van der Waals surface area contributed by atoms with Gasteiger partial charge in [-0.3, -0.25) is 9.88 Å². The number of nitrogens with one attached hydrogen (secondary N) is 1. The van der Waals surface area contributed by atoms with Gasteiger partial charge < -0.3 is 15.2 Å². The van der Waals surface area contributed by atoms with Crippen molar-refractivity contribution in [1.82, 2.24) is 15.2 Å². The Hall–Kier alpha value is -2.73. The monoisotopic (exact) mass is 403 g/mol. The molecule has 1 unspecified atom stereocenters. The van der Waals surface area contributed by atoms with Crippen LogP contribution in [0.2, 0.25) is 0 Å². The van der Waals surface area contributed by atoms with Gasteiger partial charge in [0, 0.05) is 45.1 Å². The summed E-state index contributed by atoms with van der Waals surface area (Å²) >= 11 is 0. The number of nitrogens with zero attached hydrogens (tertiary/aromatic N) is 2. The van der Waals surface area contributed by atoms with Crippen molar-refractivity contribution in [1.29, 1.82) is 0 Å². The average Bonchev–Trinajstić information content (AvgIpc) is 2.79. The third kappa shape index (κ3) is 5.89. The van der Waals surface area contributed by atoms with Crippen LogP contribution in [0, 0.1) is 0 Å². The molecule has 5 nitrogen and oxygen atoms in total. The summed E-state index contributed by atoms with van der Waals surface area (Å²) in [5.74, 6) is 0.848. The van der Waals surface area contributed by atoms with E-state index in [1.807, 2.05) is 24.3 Å². The van der Waals surface area contributed by atoms with E-state index in [1.165, 1.54) is 16.7 Å². The summed E-state index contributed by atoms with van der Waals surface area (Å²) in [6, 6.07) is 20.6. The predicted octanol–water partition coefficient (Wildman–Crippen LogP) is 3.17. The minimum absolute atomic E-state index is 0.377. The number of β-amino-alcohol motifs (C(OH)–C–C–N with tert-alkyl or cyclic N) is 1. The first-order valence-electron chi connectivity index (χ1n) is 10.5. The molecule has 1 aliphatic rings. The topological polar surface area (TPSA) is 57.6 Å². The van der Waals surface area contributed by atoms with Gasteiger partial charge in [0.1, 0.15) is 12.4 Å². The fraction of sp³-hybridized carbons (Fsp3) is 0.320. The van der Waals surface area contributed by atoms with Crippen molar-refractivity contribution >= 4 is 0 Å². The Bertz CT molecular complexity index is 915. The van der Waals surface area contributed by atoms with Crippen LogP contribution in [0.4, 0.5) is 0 Å². The summed E-state index contributed by atoms with van der Waals surface area (Å²) in [5, 5.41) is 13.8. The van der Waals surface area contributed by atoms with Gasteiger partial charge in [-0.25, -0.2) is 0 Å². The Morgan fingerprint density at radius 2 is 1.73 bits per heavy atom. The van der Waals surface area contributed by atoms with Crippen molar-refractivity contribution in [2.45, 2.75) is 32.2 Å². The van der Waals surface area contributed by atoms with Crippen molar-refractivity contribution in [2.75, 3.05) is 19.6 Å². The van der Waals surface area contributed by atoms with Crippen LogP contribution in [0.3, 0.4) is 0 Å². The van der Waals surface area contributed by atoms with Crippen LogP contribution in [-0.2, 0) is 26.1 Å². The SMILES string of the molecule is OC(CNCc1ccc(OCc2ccncc2)cc1)CN1CCc2ccccc2C1. The predicted molar refractivity (Wildman–Crippen MR) is 118 cm³/mol. The van der Waals surface area contributed by atoms with Gasteiger partial charge in [0.15, 0.2) is 0 Å². The van der Waals surface area contributed by atoms with Gasteiger partial charge in [-0.05, 0) is 52.9 Å². The molecule has 0 amide bonds. The summed E-state index contributed by atoms with van der Waals surface area (Å²) in [4.78, 5) is 6.35. The molecule has 156 valence electrons. The first kappa shape index (κ1) is 20.5. The van der Waals surface area contributed by atoms with Crippen molar-refractivity contribution in [3.05, 3.63) is 95.3 Å². The molecule has 0 aliphatic carbocycles. The Labute approximate surface area is 178 Å². The highest BCUT2D eigenvalue weighted by Gasteiger charge is 2.18. The molecule has 0 saturated carbocycles. The number of hydrogen-bond donors (Lipinski definition) is 2. The maximum Gasteiger partial charge on any atom is 0.119 e. The highest BCUT2D eigenvalue weighted by Crippen LogP contribution is 2.18. The van der Waals surface area contributed by atoms with Crippen LogP contribution in [0.15, 0.2) is 73.1 Å². The van der Waals surface area contributed by atoms with E-state index in [2.05, 4.69) is 51.6 Å². The highest BCUT2D eigenvalue weighted by atomic mass is 16.5. The Morgan fingerprint density at radius 3 is 2.53 bits per heavy atom. The quantitative estimate of drug-likeness (QED) is 0.575. The van der Waals surface area contributed by atoms with E-state index in [4.69, 9.17) is 4.74 Å². The Kier molecular flexibility index (Phi) is 7.08. The third-order valence-corrected chi connectivity index (χ3v) is 5.47. The van der Waals surface area contributed by atoms with E-state index in [0.29, 0.717) is 19.7 Å². The van der Waals surface area contributed by atoms with E-state index in [1.54, 1.807) is 12.4 Å². The lowest BCUT2D eigenvalue weighted by molar-refractivity contribution is 0.104. The minimum atomic E-state index is -0.377. The van der Waals surface area contributed by atoms with Gasteiger partial charge >= 0.3 is 0 Å². The lowest BCUT2D eigenvalue weighted by Crippen LogP contribution is -2.40. The number of rotatable bonds is 9. The molecule has 0 saturated heterocycles. The molecule has 0 fully saturated rings. The molecule has 1 aliphatic heterocycles. The summed E-state index contributed by atoms with van der Waals surface area (Å²) in [5.41, 5.74) is 5.09. The molecule has 2 aromatic carbocycles. The number of aliphatic hydroxyl groups is 1. The molecule has 30 heavy (non-hydrogen) atoms. The van der Waals surface area contributed by atoms with Crippen LogP contribution < -0.4 is 10.1 Å². The van der Waals surface area contributed by atoms with Gasteiger partial charge in [0.2, 0.25) is 0 Å². The summed E-state index contributed by atoms with van der Waals surface area (Å²) in [7, 11) is 0. The average molecular weight is 404 g/mol. The number of hydrogen-bond acceptors (Lipinski definition) is 5. The van der Waals surface area contributed by atoms with Gasteiger partial charge in [0.05, 0.1) is 6.10 Å². The van der Waals surface area contributed by atoms with E-state index in [0.717, 1.165) is 37.4 Å². The second-order valence-corrected chi connectivity index (χ2v) is 7.83. The maximum atomic E-state index is 10.4. The highest BCUT2D eigenvalue weighted by molar-refractivity contribution is 5.29. The van der Waals surface area contributed by atoms with Gasteiger partial charge in [-0.15, -0.1) is 0 Å². The van der Waals surface area contributed by atoms with Gasteiger partial charge in [-0.1, -0.05) is 36.4 Å². The largest absolute Gasteiger partial charge is 0.489 e. The van der Waals surface area contributed by atoms with Crippen LogP contribution in [-0.4, -0.2) is 40.7 Å². The van der Waals surface area contributed by atoms with Crippen molar-refractivity contribution in [3.63, 3.8) is 0 Å². The molecule has 0 radical (unpaired) electrons. The van der Waals surface area contributed by atoms with Crippen molar-refractivity contribution < 1.29 is 9.84 Å². The normalized spacial score (nSPS) is 14.8. The van der Waals surface area contributed by atoms with E-state index in [9.17, 15) is 5.11 Å². The van der Waals surface area contributed by atoms with E-state index in [-0.39, 0.29) is 6.10 Å². The van der Waals surface area contributed by atoms with Crippen molar-refractivity contribution in [2.24, 2.45) is 0 Å². The zero-order valence-electron chi connectivity index (χ0n) is 17.2. The number of benzene rings is 2. The number of pyridine rings is 1. The van der Waals surface area contributed by atoms with E-state index < -0.39 is 0 Å². The summed E-state index contributed by atoms with van der Waals surface area (Å²) < 4.78 is 5.81. The number of aliphatic hydroxyl groups excluding tert-OH is 1. The van der Waals surface area contributed by atoms with Crippen LogP contribution >= 0.6 is 0 Å². The molecule has 3 aromatic rings. The molecular formula is C25H29N3O2. The third-order valence-electron chi connectivity index (χ3n) is 5.47. The zero-order valence-corrected chi connectivity index (χ0v) is 17.2. The lowest BCUT2D eigenvalue weighted by Gasteiger charge is -2.30. The molecule has 5 heteroatoms. The molecule has 1 atom stereocenters. The van der Waals surface area contributed by atoms with Crippen molar-refractivity contribution in [3.8, 4) is 5.75 Å². The maximum absolute atomic E-state index is 10.4. The molecule has 2 heterocycles. The second kappa shape index (κ2) is 10.3. The van der Waals surface area contributed by atoms with Crippen LogP contribution in [0.25, 0.3) is 0 Å². The first-order valence-corrected chi connectivity index (χ1v) is 10.5. The fourth-order valence-corrected chi connectivity index (χ4v) is 3.80. The minimum Gasteiger partial charge on any atom is -0.489 e. The van der Waals surface area contributed by atoms with Gasteiger partial charge in [0.25, 0.3) is 0 Å². The summed E-state index contributed by atoms with van der Waals surface area (Å²) in [6.07, 6.45) is 4.22. The molecule has 1 aromatic heterocycles. The first-order chi connectivity index (χ1) is 14.8. The zero-order chi connectivity index (χ0) is 20.6. The summed E-state index contributed by atoms with van der Waals surface area (Å²) in [6.45, 7) is 4.47. The lowest BCUT2D eigenvalue weighted by atomic mass is 10.00. The smallest absolute Gasteiger partial charge is 0.119 e. The number of fused-ring (bicyclic) bond motifs is 1. The Morgan fingerprint density at radius 1 is 0.967 bits per heavy atom. The molecule has 2 N–H and O–H groups in total. The molecule has 4 rings (SSSR count). The fourth-order valence-electron chi connectivity index (χ4n) is 3.80. The number of aromatic nitrogens is 1. The van der Waals surface area contributed by atoms with E-state index >= 15 is 0 Å². The second-order valence-electron chi connectivity index (χ2n) is 7.83. The van der Waals surface area contributed by atoms with Gasteiger partial charge in [-0.2, -0.15) is 0 Å². The number of ether oxygens (including phenoxy) is 1. The molecular weight excluding hydrogens is 374 g/mol. The molecule has 0 spiro atoms. The Balaban J connectivity index is 1.16. The molecule has 0 bridgehead atoms. The standard InChI is InChI=1S/C25H29N3O2/c29-24(18-28-14-11-22-3-1-2-4-23(22)17-28)16-27-15-20-5-7-25(8-6-20)30-19-21-9-12-26-13-10-21/h1-10,12-13,24,27,29H,11,14-19H2.